The Kier molecular flexibility index (Phi) is 4.51. The summed E-state index contributed by atoms with van der Waals surface area (Å²) in [6, 6.07) is 13.7. The molecule has 2 aromatic rings. The third-order valence-corrected chi connectivity index (χ3v) is 2.75. The Hall–Kier alpha value is -2.88. The van der Waals surface area contributed by atoms with E-state index < -0.39 is 11.9 Å². The van der Waals surface area contributed by atoms with Crippen LogP contribution in [0, 0.1) is 6.92 Å². The summed E-state index contributed by atoms with van der Waals surface area (Å²) in [4.78, 5) is 23.6. The van der Waals surface area contributed by atoms with E-state index in [1.165, 1.54) is 0 Å². The lowest BCUT2D eigenvalue weighted by atomic mass is 10.1. The van der Waals surface area contributed by atoms with Crippen LogP contribution in [0.3, 0.4) is 0 Å². The van der Waals surface area contributed by atoms with E-state index in [0.29, 0.717) is 11.3 Å². The summed E-state index contributed by atoms with van der Waals surface area (Å²) in [6.45, 7) is 5.08. The van der Waals surface area contributed by atoms with Crippen LogP contribution in [0.4, 0.5) is 0 Å². The number of carbonyl (C=O) groups is 2. The van der Waals surface area contributed by atoms with Gasteiger partial charge in [-0.3, -0.25) is 0 Å². The summed E-state index contributed by atoms with van der Waals surface area (Å²) in [5.41, 5.74) is 0.849. The molecule has 0 unspecified atom stereocenters. The third-order valence-electron chi connectivity index (χ3n) is 2.75. The van der Waals surface area contributed by atoms with Gasteiger partial charge in [-0.1, -0.05) is 36.9 Å². The first kappa shape index (κ1) is 14.5. The monoisotopic (exact) mass is 282 g/mol. The van der Waals surface area contributed by atoms with Crippen LogP contribution in [0.1, 0.15) is 15.9 Å². The van der Waals surface area contributed by atoms with Crippen LogP contribution in [-0.4, -0.2) is 11.9 Å². The van der Waals surface area contributed by atoms with Crippen LogP contribution in [0.25, 0.3) is 0 Å². The molecule has 0 aromatic heterocycles. The first-order valence-electron chi connectivity index (χ1n) is 6.33. The molecule has 0 fully saturated rings. The number of hydrogen-bond acceptors (Lipinski definition) is 4. The number of hydrogen-bond donors (Lipinski definition) is 0. The summed E-state index contributed by atoms with van der Waals surface area (Å²) in [6.07, 6.45) is 1.04. The zero-order valence-corrected chi connectivity index (χ0v) is 11.5. The molecule has 0 bridgehead atoms. The SMILES string of the molecule is C=CC(=O)Oc1c(C)cccc1C(=O)Oc1ccccc1. The highest BCUT2D eigenvalue weighted by molar-refractivity contribution is 5.96. The minimum atomic E-state index is -0.627. The molecule has 0 N–H and O–H groups in total. The van der Waals surface area contributed by atoms with E-state index in [9.17, 15) is 9.59 Å². The van der Waals surface area contributed by atoms with Crippen LogP contribution in [0.5, 0.6) is 11.5 Å². The Balaban J connectivity index is 2.30. The Morgan fingerprint density at radius 1 is 1.00 bits per heavy atom. The number of benzene rings is 2. The fraction of sp³-hybridized carbons (Fsp3) is 0.0588. The number of carbonyl (C=O) groups excluding carboxylic acids is 2. The number of esters is 2. The third kappa shape index (κ3) is 3.57. The van der Waals surface area contributed by atoms with Crippen molar-refractivity contribution < 1.29 is 19.1 Å². The summed E-state index contributed by atoms with van der Waals surface area (Å²) in [7, 11) is 0. The second-order valence-corrected chi connectivity index (χ2v) is 4.28. The van der Waals surface area contributed by atoms with Crippen molar-refractivity contribution in [3.63, 3.8) is 0 Å². The van der Waals surface area contributed by atoms with Crippen LogP contribution < -0.4 is 9.47 Å². The van der Waals surface area contributed by atoms with Gasteiger partial charge in [0.05, 0.1) is 0 Å². The first-order valence-corrected chi connectivity index (χ1v) is 6.33. The maximum absolute atomic E-state index is 12.2. The largest absolute Gasteiger partial charge is 0.423 e. The van der Waals surface area contributed by atoms with E-state index >= 15 is 0 Å². The van der Waals surface area contributed by atoms with Gasteiger partial charge >= 0.3 is 11.9 Å². The molecule has 0 aliphatic heterocycles. The fourth-order valence-corrected chi connectivity index (χ4v) is 1.74. The van der Waals surface area contributed by atoms with Crippen LogP contribution in [0.2, 0.25) is 0 Å². The van der Waals surface area contributed by atoms with E-state index in [1.807, 2.05) is 6.07 Å². The van der Waals surface area contributed by atoms with Crippen molar-refractivity contribution in [3.05, 3.63) is 72.3 Å². The molecule has 0 saturated carbocycles. The predicted molar refractivity (Wildman–Crippen MR) is 78.4 cm³/mol. The lowest BCUT2D eigenvalue weighted by Crippen LogP contribution is -2.14. The van der Waals surface area contributed by atoms with E-state index in [1.54, 1.807) is 49.4 Å². The van der Waals surface area contributed by atoms with Crippen molar-refractivity contribution in [1.29, 1.82) is 0 Å². The lowest BCUT2D eigenvalue weighted by Gasteiger charge is -2.11. The van der Waals surface area contributed by atoms with Crippen molar-refractivity contribution in [3.8, 4) is 11.5 Å². The lowest BCUT2D eigenvalue weighted by molar-refractivity contribution is -0.129. The molecule has 0 aliphatic rings. The topological polar surface area (TPSA) is 52.6 Å². The molecule has 0 saturated heterocycles. The molecule has 4 nitrogen and oxygen atoms in total. The van der Waals surface area contributed by atoms with Crippen molar-refractivity contribution in [2.75, 3.05) is 0 Å². The van der Waals surface area contributed by atoms with Gasteiger partial charge in [0.1, 0.15) is 17.1 Å². The Morgan fingerprint density at radius 2 is 1.71 bits per heavy atom. The van der Waals surface area contributed by atoms with E-state index in [4.69, 9.17) is 9.47 Å². The second-order valence-electron chi connectivity index (χ2n) is 4.28. The molecule has 2 aromatic carbocycles. The maximum Gasteiger partial charge on any atom is 0.347 e. The summed E-state index contributed by atoms with van der Waals surface area (Å²) >= 11 is 0. The standard InChI is InChI=1S/C17H14O4/c1-3-15(18)21-16-12(2)8-7-11-14(16)17(19)20-13-9-5-4-6-10-13/h3-11H,1H2,2H3. The van der Waals surface area contributed by atoms with E-state index in [-0.39, 0.29) is 11.3 Å². The van der Waals surface area contributed by atoms with E-state index in [0.717, 1.165) is 6.08 Å². The molecular formula is C17H14O4. The van der Waals surface area contributed by atoms with E-state index in [2.05, 4.69) is 6.58 Å². The van der Waals surface area contributed by atoms with Crippen LogP contribution in [-0.2, 0) is 4.79 Å². The van der Waals surface area contributed by atoms with Gasteiger partial charge in [0.2, 0.25) is 0 Å². The smallest absolute Gasteiger partial charge is 0.347 e. The Morgan fingerprint density at radius 3 is 2.38 bits per heavy atom. The quantitative estimate of drug-likeness (QED) is 0.490. The second kappa shape index (κ2) is 6.52. The molecule has 0 heterocycles. The molecule has 0 aliphatic carbocycles. The first-order chi connectivity index (χ1) is 10.1. The minimum Gasteiger partial charge on any atom is -0.423 e. The summed E-state index contributed by atoms with van der Waals surface area (Å²) in [5, 5.41) is 0. The molecular weight excluding hydrogens is 268 g/mol. The average Bonchev–Trinajstić information content (AvgIpc) is 2.50. The van der Waals surface area contributed by atoms with Crippen molar-refractivity contribution in [1.82, 2.24) is 0 Å². The Bertz CT molecular complexity index is 674. The van der Waals surface area contributed by atoms with Gasteiger partial charge in [0, 0.05) is 6.08 Å². The molecule has 106 valence electrons. The van der Waals surface area contributed by atoms with Gasteiger partial charge in [-0.25, -0.2) is 9.59 Å². The van der Waals surface area contributed by atoms with Gasteiger partial charge < -0.3 is 9.47 Å². The molecule has 0 spiro atoms. The van der Waals surface area contributed by atoms with Crippen molar-refractivity contribution >= 4 is 11.9 Å². The van der Waals surface area contributed by atoms with Crippen molar-refractivity contribution in [2.24, 2.45) is 0 Å². The average molecular weight is 282 g/mol. The molecule has 4 heteroatoms. The normalized spacial score (nSPS) is 9.76. The van der Waals surface area contributed by atoms with Crippen LogP contribution >= 0.6 is 0 Å². The highest BCUT2D eigenvalue weighted by atomic mass is 16.5. The molecule has 0 amide bonds. The number of rotatable bonds is 4. The predicted octanol–water partition coefficient (Wildman–Crippen LogP) is 3.31. The summed E-state index contributed by atoms with van der Waals surface area (Å²) < 4.78 is 10.4. The number of para-hydroxylation sites is 2. The Labute approximate surface area is 122 Å². The van der Waals surface area contributed by atoms with Gasteiger partial charge in [0.15, 0.2) is 0 Å². The van der Waals surface area contributed by atoms with Gasteiger partial charge in [-0.15, -0.1) is 0 Å². The van der Waals surface area contributed by atoms with Gasteiger partial charge in [-0.2, -0.15) is 0 Å². The minimum absolute atomic E-state index is 0.184. The van der Waals surface area contributed by atoms with Crippen LogP contribution in [0.15, 0.2) is 61.2 Å². The fourth-order valence-electron chi connectivity index (χ4n) is 1.74. The molecule has 0 atom stereocenters. The number of ether oxygens (including phenoxy) is 2. The highest BCUT2D eigenvalue weighted by Crippen LogP contribution is 2.25. The van der Waals surface area contributed by atoms with Gasteiger partial charge in [0.25, 0.3) is 0 Å². The molecule has 2 rings (SSSR count). The zero-order chi connectivity index (χ0) is 15.2. The molecule has 0 radical (unpaired) electrons. The maximum atomic E-state index is 12.2. The zero-order valence-electron chi connectivity index (χ0n) is 11.5. The highest BCUT2D eigenvalue weighted by Gasteiger charge is 2.18. The van der Waals surface area contributed by atoms with Crippen molar-refractivity contribution in [2.45, 2.75) is 6.92 Å². The number of aryl methyl sites for hydroxylation is 1. The summed E-state index contributed by atoms with van der Waals surface area (Å²) in [5.74, 6) is -0.608. The van der Waals surface area contributed by atoms with Gasteiger partial charge in [-0.05, 0) is 30.7 Å². The molecule has 21 heavy (non-hydrogen) atoms.